The number of thiocarbonyl (C=S) groups is 1. The maximum Gasteiger partial charge on any atom is 0.166 e. The molecule has 1 aliphatic rings. The molecule has 0 aliphatic heterocycles. The number of nitrogens with one attached hydrogen (secondary N) is 2. The molecular formula is C24H48N2O3SY. The van der Waals surface area contributed by atoms with Gasteiger partial charge in [-0.1, -0.05) is 84.0 Å². The number of unbranched alkanes of at least 4 members (excludes halogenated alkanes) is 12. The van der Waals surface area contributed by atoms with Crippen LogP contribution in [0.5, 0.6) is 0 Å². The SMILES string of the molecule is CCCCCCCCCCCCCCCNC(=S)N[C@@H]1C[C@H](COC)C(O)[C@@H]1OC.[Y]. The predicted molar refractivity (Wildman–Crippen MR) is 130 cm³/mol. The number of methoxy groups -OCH3 is 2. The number of rotatable bonds is 18. The second-order valence-electron chi connectivity index (χ2n) is 8.89. The molecule has 31 heavy (non-hydrogen) atoms. The van der Waals surface area contributed by atoms with Crippen LogP contribution < -0.4 is 10.6 Å². The summed E-state index contributed by atoms with van der Waals surface area (Å²) < 4.78 is 10.7. The predicted octanol–water partition coefficient (Wildman–Crippen LogP) is 4.95. The van der Waals surface area contributed by atoms with Gasteiger partial charge >= 0.3 is 0 Å². The van der Waals surface area contributed by atoms with Crippen LogP contribution in [0.2, 0.25) is 0 Å². The van der Waals surface area contributed by atoms with Gasteiger partial charge in [-0.2, -0.15) is 0 Å². The Morgan fingerprint density at radius 2 is 1.42 bits per heavy atom. The van der Waals surface area contributed by atoms with E-state index < -0.39 is 6.10 Å². The second-order valence-corrected chi connectivity index (χ2v) is 9.30. The van der Waals surface area contributed by atoms with Gasteiger partial charge < -0.3 is 25.2 Å². The molecular weight excluding hydrogens is 485 g/mol. The van der Waals surface area contributed by atoms with E-state index in [0.29, 0.717) is 11.7 Å². The summed E-state index contributed by atoms with van der Waals surface area (Å²) in [6.07, 6.45) is 17.8. The number of aliphatic hydroxyl groups is 1. The molecule has 1 aliphatic carbocycles. The van der Waals surface area contributed by atoms with Crippen molar-refractivity contribution < 1.29 is 47.3 Å². The van der Waals surface area contributed by atoms with Crippen LogP contribution in [0.3, 0.4) is 0 Å². The average Bonchev–Trinajstić information content (AvgIpc) is 3.02. The van der Waals surface area contributed by atoms with Gasteiger partial charge in [-0.3, -0.25) is 0 Å². The van der Waals surface area contributed by atoms with Gasteiger partial charge in [-0.05, 0) is 25.1 Å². The van der Waals surface area contributed by atoms with Crippen LogP contribution in [0.1, 0.15) is 96.8 Å². The first-order valence-corrected chi connectivity index (χ1v) is 12.8. The molecule has 1 rings (SSSR count). The summed E-state index contributed by atoms with van der Waals surface area (Å²) in [5.74, 6) is 0.0845. The molecule has 1 unspecified atom stereocenters. The summed E-state index contributed by atoms with van der Waals surface area (Å²) in [6.45, 7) is 3.72. The summed E-state index contributed by atoms with van der Waals surface area (Å²) in [4.78, 5) is 0. The van der Waals surface area contributed by atoms with Crippen LogP contribution in [-0.4, -0.2) is 55.8 Å². The summed E-state index contributed by atoms with van der Waals surface area (Å²) in [5.41, 5.74) is 0. The van der Waals surface area contributed by atoms with Crippen molar-refractivity contribution in [2.45, 2.75) is 115 Å². The Balaban J connectivity index is 0.00000900. The fraction of sp³-hybridized carbons (Fsp3) is 0.958. The third-order valence-electron chi connectivity index (χ3n) is 6.31. The van der Waals surface area contributed by atoms with Gasteiger partial charge in [0.1, 0.15) is 6.10 Å². The van der Waals surface area contributed by atoms with Crippen molar-refractivity contribution in [2.24, 2.45) is 5.92 Å². The van der Waals surface area contributed by atoms with E-state index in [1.54, 1.807) is 14.2 Å². The Hall–Kier alpha value is 0.674. The molecule has 0 bridgehead atoms. The molecule has 181 valence electrons. The van der Waals surface area contributed by atoms with Crippen molar-refractivity contribution in [3.63, 3.8) is 0 Å². The minimum Gasteiger partial charge on any atom is -0.390 e. The maximum absolute atomic E-state index is 10.4. The molecule has 0 heterocycles. The smallest absolute Gasteiger partial charge is 0.166 e. The largest absolute Gasteiger partial charge is 0.390 e. The standard InChI is InChI=1S/C24H48N2O3S.Y/c1-4-5-6-7-8-9-10-11-12-13-14-15-16-17-25-24(30)26-21-18-20(19-28-2)22(27)23(21)29-3;/h20-23,27H,4-19H2,1-3H3,(H2,25,26,30);/t20-,21-,22?,23-;/m1./s1. The summed E-state index contributed by atoms with van der Waals surface area (Å²) in [5, 5.41) is 17.7. The molecule has 7 heteroatoms. The molecule has 3 N–H and O–H groups in total. The van der Waals surface area contributed by atoms with Crippen molar-refractivity contribution >= 4 is 17.3 Å². The van der Waals surface area contributed by atoms with E-state index in [2.05, 4.69) is 17.6 Å². The van der Waals surface area contributed by atoms with Crippen molar-refractivity contribution in [1.82, 2.24) is 10.6 Å². The van der Waals surface area contributed by atoms with Crippen LogP contribution in [0, 0.1) is 5.92 Å². The minimum absolute atomic E-state index is 0. The summed E-state index contributed by atoms with van der Waals surface area (Å²) in [7, 11) is 3.30. The van der Waals surface area contributed by atoms with Gasteiger partial charge in [0.2, 0.25) is 0 Å². The normalized spacial score (nSPS) is 22.8. The first kappa shape index (κ1) is 31.7. The molecule has 0 amide bonds. The Labute approximate surface area is 222 Å². The molecule has 0 spiro atoms. The van der Waals surface area contributed by atoms with E-state index in [9.17, 15) is 5.11 Å². The van der Waals surface area contributed by atoms with Crippen LogP contribution >= 0.6 is 12.2 Å². The number of ether oxygens (including phenoxy) is 2. The van der Waals surface area contributed by atoms with E-state index in [0.717, 1.165) is 19.4 Å². The first-order valence-electron chi connectivity index (χ1n) is 12.4. The van der Waals surface area contributed by atoms with Gasteiger partial charge in [0.25, 0.3) is 0 Å². The number of aliphatic hydroxyl groups excluding tert-OH is 1. The summed E-state index contributed by atoms with van der Waals surface area (Å²) in [6, 6.07) is 0.0248. The van der Waals surface area contributed by atoms with E-state index in [-0.39, 0.29) is 50.8 Å². The monoisotopic (exact) mass is 533 g/mol. The molecule has 0 aromatic carbocycles. The molecule has 4 atom stereocenters. The molecule has 0 aromatic heterocycles. The third kappa shape index (κ3) is 14.5. The van der Waals surface area contributed by atoms with Crippen LogP contribution in [-0.2, 0) is 42.2 Å². The van der Waals surface area contributed by atoms with Crippen molar-refractivity contribution in [3.05, 3.63) is 0 Å². The Morgan fingerprint density at radius 1 is 0.903 bits per heavy atom. The fourth-order valence-corrected chi connectivity index (χ4v) is 4.75. The molecule has 5 nitrogen and oxygen atoms in total. The van der Waals surface area contributed by atoms with Gasteiger partial charge in [0.05, 0.1) is 18.8 Å². The van der Waals surface area contributed by atoms with Crippen LogP contribution in [0.4, 0.5) is 0 Å². The zero-order valence-electron chi connectivity index (χ0n) is 20.4. The molecule has 0 aromatic rings. The zero-order valence-corrected chi connectivity index (χ0v) is 24.0. The van der Waals surface area contributed by atoms with Gasteiger partial charge in [-0.25, -0.2) is 0 Å². The average molecular weight is 534 g/mol. The van der Waals surface area contributed by atoms with Gasteiger partial charge in [0.15, 0.2) is 5.11 Å². The van der Waals surface area contributed by atoms with Gasteiger partial charge in [0, 0.05) is 59.4 Å². The van der Waals surface area contributed by atoms with Crippen LogP contribution in [0.15, 0.2) is 0 Å². The Kier molecular flexibility index (Phi) is 21.7. The van der Waals surface area contributed by atoms with Crippen LogP contribution in [0.25, 0.3) is 0 Å². The van der Waals surface area contributed by atoms with E-state index in [4.69, 9.17) is 21.7 Å². The quantitative estimate of drug-likeness (QED) is 0.171. The summed E-state index contributed by atoms with van der Waals surface area (Å²) >= 11 is 5.44. The van der Waals surface area contributed by atoms with E-state index in [1.165, 1.54) is 77.0 Å². The topological polar surface area (TPSA) is 62.8 Å². The van der Waals surface area contributed by atoms with Crippen molar-refractivity contribution in [1.29, 1.82) is 0 Å². The first-order chi connectivity index (χ1) is 14.6. The third-order valence-corrected chi connectivity index (χ3v) is 6.57. The van der Waals surface area contributed by atoms with E-state index in [1.807, 2.05) is 0 Å². The van der Waals surface area contributed by atoms with Gasteiger partial charge in [-0.15, -0.1) is 0 Å². The fourth-order valence-electron chi connectivity index (χ4n) is 4.50. The molecule has 1 saturated carbocycles. The molecule has 0 saturated heterocycles. The number of hydrogen-bond acceptors (Lipinski definition) is 4. The Morgan fingerprint density at radius 3 is 1.90 bits per heavy atom. The van der Waals surface area contributed by atoms with E-state index >= 15 is 0 Å². The Bertz CT molecular complexity index is 432. The number of hydrogen-bond donors (Lipinski definition) is 3. The maximum atomic E-state index is 10.4. The van der Waals surface area contributed by atoms with Crippen molar-refractivity contribution in [2.75, 3.05) is 27.4 Å². The second kappa shape index (κ2) is 21.2. The van der Waals surface area contributed by atoms with Crippen molar-refractivity contribution in [3.8, 4) is 0 Å². The molecule has 1 radical (unpaired) electrons. The zero-order chi connectivity index (χ0) is 22.0. The molecule has 1 fully saturated rings. The minimum atomic E-state index is -0.517.